The molecule has 1 unspecified atom stereocenters. The second-order valence-electron chi connectivity index (χ2n) is 2.24. The van der Waals surface area contributed by atoms with Crippen LogP contribution >= 0.6 is 23.8 Å². The summed E-state index contributed by atoms with van der Waals surface area (Å²) >= 11 is 10.8. The van der Waals surface area contributed by atoms with E-state index in [1.807, 2.05) is 0 Å². The first-order valence-electron chi connectivity index (χ1n) is 3.24. The van der Waals surface area contributed by atoms with Crippen molar-refractivity contribution in [3.05, 3.63) is 23.9 Å². The van der Waals surface area contributed by atoms with Crippen LogP contribution in [-0.4, -0.2) is 16.3 Å². The molecule has 1 atom stereocenters. The molecule has 1 aliphatic carbocycles. The first-order chi connectivity index (χ1) is 5.61. The van der Waals surface area contributed by atoms with Crippen molar-refractivity contribution in [2.24, 2.45) is 5.73 Å². The van der Waals surface area contributed by atoms with E-state index in [1.54, 1.807) is 18.2 Å². The zero-order valence-corrected chi connectivity index (χ0v) is 7.65. The van der Waals surface area contributed by atoms with Gasteiger partial charge in [-0.1, -0.05) is 18.3 Å². The number of primary amides is 1. The molecule has 3 N–H and O–H groups in total. The number of urea groups is 1. The first kappa shape index (κ1) is 9.22. The molecule has 2 amide bonds. The minimum absolute atomic E-state index is 0.461. The minimum Gasteiger partial charge on any atom is -0.351 e. The average Bonchev–Trinajstić information content (AvgIpc) is 1.98. The SMILES string of the molecule is NC(=O)NC1=CC=CC(=S)C1Cl. The Kier molecular flexibility index (Phi) is 2.83. The topological polar surface area (TPSA) is 55.1 Å². The molecule has 0 aromatic carbocycles. The van der Waals surface area contributed by atoms with Gasteiger partial charge in [0.05, 0.1) is 0 Å². The van der Waals surface area contributed by atoms with Crippen LogP contribution in [0, 0.1) is 0 Å². The summed E-state index contributed by atoms with van der Waals surface area (Å²) in [5.41, 5.74) is 5.44. The molecule has 5 heteroatoms. The summed E-state index contributed by atoms with van der Waals surface area (Å²) in [7, 11) is 0. The number of halogens is 1. The van der Waals surface area contributed by atoms with E-state index in [0.29, 0.717) is 10.6 Å². The van der Waals surface area contributed by atoms with Crippen molar-refractivity contribution < 1.29 is 4.79 Å². The molecule has 0 heterocycles. The quantitative estimate of drug-likeness (QED) is 0.494. The van der Waals surface area contributed by atoms with E-state index in [1.165, 1.54) is 0 Å². The number of allylic oxidation sites excluding steroid dienone is 4. The molecule has 0 saturated carbocycles. The normalized spacial score (nSPS) is 21.9. The second kappa shape index (κ2) is 3.69. The number of alkyl halides is 1. The smallest absolute Gasteiger partial charge is 0.316 e. The average molecular weight is 203 g/mol. The third-order valence-electron chi connectivity index (χ3n) is 1.33. The van der Waals surface area contributed by atoms with E-state index in [2.05, 4.69) is 5.32 Å². The molecule has 0 radical (unpaired) electrons. The molecular formula is C7H7ClN2OS. The predicted octanol–water partition coefficient (Wildman–Crippen LogP) is 1.09. The van der Waals surface area contributed by atoms with Gasteiger partial charge >= 0.3 is 6.03 Å². The Balaban J connectivity index is 2.76. The van der Waals surface area contributed by atoms with Crippen molar-refractivity contribution >= 4 is 34.7 Å². The number of hydrogen-bond donors (Lipinski definition) is 2. The fourth-order valence-corrected chi connectivity index (χ4v) is 1.22. The zero-order chi connectivity index (χ0) is 9.14. The van der Waals surface area contributed by atoms with Crippen LogP contribution in [0.4, 0.5) is 4.79 Å². The van der Waals surface area contributed by atoms with Gasteiger partial charge in [0.25, 0.3) is 0 Å². The van der Waals surface area contributed by atoms with Gasteiger partial charge in [-0.05, 0) is 12.2 Å². The summed E-state index contributed by atoms with van der Waals surface area (Å²) in [5.74, 6) is 0. The van der Waals surface area contributed by atoms with Crippen molar-refractivity contribution in [1.29, 1.82) is 0 Å². The molecule has 0 spiro atoms. The number of carbonyl (C=O) groups excluding carboxylic acids is 1. The molecule has 1 aliphatic rings. The molecule has 3 nitrogen and oxygen atoms in total. The molecule has 0 aromatic rings. The van der Waals surface area contributed by atoms with Crippen LogP contribution in [0.3, 0.4) is 0 Å². The largest absolute Gasteiger partial charge is 0.351 e. The summed E-state index contributed by atoms with van der Waals surface area (Å²) in [6.45, 7) is 0. The first-order valence-corrected chi connectivity index (χ1v) is 4.08. The van der Waals surface area contributed by atoms with Gasteiger partial charge in [-0.15, -0.1) is 11.6 Å². The van der Waals surface area contributed by atoms with Crippen molar-refractivity contribution in [2.45, 2.75) is 5.38 Å². The van der Waals surface area contributed by atoms with Gasteiger partial charge in [-0.3, -0.25) is 0 Å². The number of hydrogen-bond acceptors (Lipinski definition) is 2. The maximum absolute atomic E-state index is 10.5. The van der Waals surface area contributed by atoms with Gasteiger partial charge in [-0.25, -0.2) is 4.79 Å². The lowest BCUT2D eigenvalue weighted by atomic mass is 10.1. The molecule has 0 fully saturated rings. The Bertz CT molecular complexity index is 285. The Morgan fingerprint density at radius 2 is 2.42 bits per heavy atom. The lowest BCUT2D eigenvalue weighted by Gasteiger charge is -2.15. The highest BCUT2D eigenvalue weighted by molar-refractivity contribution is 7.81. The number of amides is 2. The lowest BCUT2D eigenvalue weighted by Crippen LogP contribution is -2.35. The molecule has 0 bridgehead atoms. The van der Waals surface area contributed by atoms with Crippen molar-refractivity contribution in [3.63, 3.8) is 0 Å². The Morgan fingerprint density at radius 1 is 1.75 bits per heavy atom. The van der Waals surface area contributed by atoms with E-state index >= 15 is 0 Å². The predicted molar refractivity (Wildman–Crippen MR) is 52.2 cm³/mol. The molecule has 64 valence electrons. The van der Waals surface area contributed by atoms with Crippen LogP contribution < -0.4 is 11.1 Å². The zero-order valence-electron chi connectivity index (χ0n) is 6.08. The number of nitrogens with one attached hydrogen (secondary N) is 1. The van der Waals surface area contributed by atoms with E-state index in [-0.39, 0.29) is 0 Å². The van der Waals surface area contributed by atoms with Crippen LogP contribution in [0.2, 0.25) is 0 Å². The fraction of sp³-hybridized carbons (Fsp3) is 0.143. The second-order valence-corrected chi connectivity index (χ2v) is 3.14. The van der Waals surface area contributed by atoms with Crippen LogP contribution in [0.1, 0.15) is 0 Å². The van der Waals surface area contributed by atoms with Crippen molar-refractivity contribution in [3.8, 4) is 0 Å². The third kappa shape index (κ3) is 2.06. The Morgan fingerprint density at radius 3 is 3.00 bits per heavy atom. The maximum Gasteiger partial charge on any atom is 0.316 e. The number of thiocarbonyl (C=S) groups is 1. The summed E-state index contributed by atoms with van der Waals surface area (Å²) in [4.78, 5) is 11.0. The summed E-state index contributed by atoms with van der Waals surface area (Å²) < 4.78 is 0. The lowest BCUT2D eigenvalue weighted by molar-refractivity contribution is 0.251. The van der Waals surface area contributed by atoms with Crippen LogP contribution in [0.5, 0.6) is 0 Å². The van der Waals surface area contributed by atoms with Crippen molar-refractivity contribution in [1.82, 2.24) is 5.32 Å². The minimum atomic E-state index is -0.634. The monoisotopic (exact) mass is 202 g/mol. The van der Waals surface area contributed by atoms with Crippen LogP contribution in [-0.2, 0) is 0 Å². The Hall–Kier alpha value is -0.870. The molecule has 0 saturated heterocycles. The standard InChI is InChI=1S/C7H7ClN2OS/c8-6-4(10-7(9)11)2-1-3-5(6)12/h1-3,6H,(H3,9,10,11). The van der Waals surface area contributed by atoms with Gasteiger partial charge < -0.3 is 11.1 Å². The van der Waals surface area contributed by atoms with E-state index in [9.17, 15) is 4.79 Å². The van der Waals surface area contributed by atoms with E-state index in [4.69, 9.17) is 29.6 Å². The van der Waals surface area contributed by atoms with Gasteiger partial charge in [0.2, 0.25) is 0 Å². The number of carbonyl (C=O) groups is 1. The van der Waals surface area contributed by atoms with Gasteiger partial charge in [0, 0.05) is 10.6 Å². The third-order valence-corrected chi connectivity index (χ3v) is 2.30. The molecule has 12 heavy (non-hydrogen) atoms. The van der Waals surface area contributed by atoms with Gasteiger partial charge in [0.1, 0.15) is 5.38 Å². The molecular weight excluding hydrogens is 196 g/mol. The highest BCUT2D eigenvalue weighted by Gasteiger charge is 2.17. The van der Waals surface area contributed by atoms with Gasteiger partial charge in [-0.2, -0.15) is 0 Å². The molecule has 1 rings (SSSR count). The van der Waals surface area contributed by atoms with Gasteiger partial charge in [0.15, 0.2) is 0 Å². The van der Waals surface area contributed by atoms with Crippen LogP contribution in [0.15, 0.2) is 23.9 Å². The number of nitrogens with two attached hydrogens (primary N) is 1. The van der Waals surface area contributed by atoms with Crippen LogP contribution in [0.25, 0.3) is 0 Å². The maximum atomic E-state index is 10.5. The molecule has 0 aromatic heterocycles. The fourth-order valence-electron chi connectivity index (χ4n) is 0.816. The summed E-state index contributed by atoms with van der Waals surface area (Å²) in [6.07, 6.45) is 5.09. The number of rotatable bonds is 1. The highest BCUT2D eigenvalue weighted by Crippen LogP contribution is 2.14. The molecule has 0 aliphatic heterocycles. The summed E-state index contributed by atoms with van der Waals surface area (Å²) in [5, 5.41) is 1.93. The highest BCUT2D eigenvalue weighted by atomic mass is 35.5. The van der Waals surface area contributed by atoms with E-state index in [0.717, 1.165) is 0 Å². The summed E-state index contributed by atoms with van der Waals surface area (Å²) in [6, 6.07) is -0.634. The van der Waals surface area contributed by atoms with E-state index < -0.39 is 11.4 Å². The Labute approximate surface area is 80.3 Å². The van der Waals surface area contributed by atoms with Crippen molar-refractivity contribution in [2.75, 3.05) is 0 Å².